The molecule has 0 radical (unpaired) electrons. The van der Waals surface area contributed by atoms with Gasteiger partial charge in [0.1, 0.15) is 5.82 Å². The Kier molecular flexibility index (Phi) is 5.86. The number of carbonyl (C=O) groups is 1. The molecule has 0 N–H and O–H groups in total. The minimum Gasteiger partial charge on any atom is -0.378 e. The molecule has 1 aliphatic carbocycles. The quantitative estimate of drug-likeness (QED) is 0.762. The van der Waals surface area contributed by atoms with Crippen LogP contribution in [0.3, 0.4) is 0 Å². The molecular weight excluding hydrogens is 367 g/mol. The van der Waals surface area contributed by atoms with Crippen LogP contribution in [0.4, 0.5) is 10.1 Å². The second-order valence-corrected chi connectivity index (χ2v) is 8.19. The fourth-order valence-electron chi connectivity index (χ4n) is 4.84. The summed E-state index contributed by atoms with van der Waals surface area (Å²) in [5.41, 5.74) is 2.51. The number of amides is 1. The Labute approximate surface area is 172 Å². The molecule has 0 spiro atoms. The van der Waals surface area contributed by atoms with Crippen LogP contribution in [0.25, 0.3) is 0 Å². The maximum absolute atomic E-state index is 13.9. The van der Waals surface area contributed by atoms with Gasteiger partial charge in [-0.25, -0.2) is 4.39 Å². The maximum atomic E-state index is 13.9. The summed E-state index contributed by atoms with van der Waals surface area (Å²) in [6.07, 6.45) is 3.57. The van der Waals surface area contributed by atoms with E-state index in [0.29, 0.717) is 6.54 Å². The highest BCUT2D eigenvalue weighted by Crippen LogP contribution is 2.43. The number of nitrogens with zero attached hydrogens (tertiary/aromatic N) is 2. The fourth-order valence-corrected chi connectivity index (χ4v) is 4.84. The van der Waals surface area contributed by atoms with Crippen LogP contribution in [0, 0.1) is 5.82 Å². The molecule has 1 aliphatic heterocycles. The van der Waals surface area contributed by atoms with Crippen molar-refractivity contribution in [3.05, 3.63) is 65.5 Å². The number of para-hydroxylation sites is 1. The topological polar surface area (TPSA) is 32.8 Å². The lowest BCUT2D eigenvalue weighted by Crippen LogP contribution is -2.43. The van der Waals surface area contributed by atoms with Crippen molar-refractivity contribution >= 4 is 11.6 Å². The molecular formula is C24H29FN2O2. The van der Waals surface area contributed by atoms with Crippen LogP contribution < -0.4 is 4.90 Å². The molecule has 2 aliphatic rings. The predicted octanol–water partition coefficient (Wildman–Crippen LogP) is 4.13. The van der Waals surface area contributed by atoms with E-state index in [1.54, 1.807) is 12.1 Å². The zero-order valence-corrected chi connectivity index (χ0v) is 17.1. The number of anilines is 1. The molecule has 0 bridgehead atoms. The van der Waals surface area contributed by atoms with Gasteiger partial charge in [-0.05, 0) is 42.2 Å². The first-order valence-electron chi connectivity index (χ1n) is 10.5. The fraction of sp³-hybridized carbons (Fsp3) is 0.458. The number of hydrogen-bond donors (Lipinski definition) is 0. The van der Waals surface area contributed by atoms with Crippen molar-refractivity contribution in [2.45, 2.75) is 37.6 Å². The molecule has 2 aromatic carbocycles. The third kappa shape index (κ3) is 4.01. The number of likely N-dealkylation sites (N-methyl/N-ethyl adjacent to an activating group) is 1. The summed E-state index contributed by atoms with van der Waals surface area (Å²) in [5.74, 6) is -0.181. The van der Waals surface area contributed by atoms with Crippen LogP contribution in [0.15, 0.2) is 48.5 Å². The summed E-state index contributed by atoms with van der Waals surface area (Å²) in [5, 5.41) is 0. The van der Waals surface area contributed by atoms with Gasteiger partial charge in [-0.1, -0.05) is 43.2 Å². The Hall–Kier alpha value is -2.40. The lowest BCUT2D eigenvalue weighted by Gasteiger charge is -2.35. The molecule has 1 saturated carbocycles. The number of morpholine rings is 1. The predicted molar refractivity (Wildman–Crippen MR) is 112 cm³/mol. The van der Waals surface area contributed by atoms with Gasteiger partial charge in [-0.2, -0.15) is 0 Å². The molecule has 2 aromatic rings. The molecule has 5 heteroatoms. The van der Waals surface area contributed by atoms with Gasteiger partial charge in [0.05, 0.1) is 18.6 Å². The molecule has 0 atom stereocenters. The first-order valence-corrected chi connectivity index (χ1v) is 10.5. The van der Waals surface area contributed by atoms with Gasteiger partial charge < -0.3 is 14.5 Å². The van der Waals surface area contributed by atoms with E-state index in [2.05, 4.69) is 17.0 Å². The van der Waals surface area contributed by atoms with Gasteiger partial charge in [0.15, 0.2) is 0 Å². The van der Waals surface area contributed by atoms with Gasteiger partial charge in [-0.15, -0.1) is 0 Å². The minimum absolute atomic E-state index is 0.0948. The third-order valence-electron chi connectivity index (χ3n) is 6.34. The molecule has 29 heavy (non-hydrogen) atoms. The van der Waals surface area contributed by atoms with E-state index in [1.165, 1.54) is 11.8 Å². The van der Waals surface area contributed by atoms with Crippen LogP contribution in [-0.4, -0.2) is 44.2 Å². The average molecular weight is 397 g/mol. The molecule has 0 aromatic heterocycles. The summed E-state index contributed by atoms with van der Waals surface area (Å²) in [7, 11) is 1.87. The highest BCUT2D eigenvalue weighted by atomic mass is 19.1. The Morgan fingerprint density at radius 3 is 2.55 bits per heavy atom. The number of halogens is 1. The van der Waals surface area contributed by atoms with Crippen molar-refractivity contribution < 1.29 is 13.9 Å². The summed E-state index contributed by atoms with van der Waals surface area (Å²) < 4.78 is 19.4. The lowest BCUT2D eigenvalue weighted by atomic mass is 9.77. The Morgan fingerprint density at radius 1 is 1.10 bits per heavy atom. The Morgan fingerprint density at radius 2 is 1.83 bits per heavy atom. The van der Waals surface area contributed by atoms with E-state index in [1.807, 2.05) is 30.1 Å². The normalized spacial score (nSPS) is 18.6. The number of hydrogen-bond acceptors (Lipinski definition) is 3. The molecule has 154 valence electrons. The maximum Gasteiger partial charge on any atom is 0.233 e. The van der Waals surface area contributed by atoms with Crippen molar-refractivity contribution in [1.82, 2.24) is 4.90 Å². The van der Waals surface area contributed by atoms with Gasteiger partial charge >= 0.3 is 0 Å². The van der Waals surface area contributed by atoms with Crippen molar-refractivity contribution in [3.8, 4) is 0 Å². The molecule has 4 rings (SSSR count). The smallest absolute Gasteiger partial charge is 0.233 e. The van der Waals surface area contributed by atoms with Crippen molar-refractivity contribution in [1.29, 1.82) is 0 Å². The number of rotatable bonds is 5. The van der Waals surface area contributed by atoms with Crippen molar-refractivity contribution in [3.63, 3.8) is 0 Å². The van der Waals surface area contributed by atoms with Crippen molar-refractivity contribution in [2.24, 2.45) is 0 Å². The standard InChI is InChI=1S/C24H29FN2O2/c1-26(18-19-7-2-3-10-22(19)27-13-15-29-16-14-27)23(28)24(11-4-5-12-24)20-8-6-9-21(25)17-20/h2-3,6-10,17H,4-5,11-16,18H2,1H3. The van der Waals surface area contributed by atoms with Gasteiger partial charge in [-0.3, -0.25) is 4.79 Å². The van der Waals surface area contributed by atoms with Gasteiger partial charge in [0.2, 0.25) is 5.91 Å². The third-order valence-corrected chi connectivity index (χ3v) is 6.34. The number of carbonyl (C=O) groups excluding carboxylic acids is 1. The molecule has 1 amide bonds. The van der Waals surface area contributed by atoms with Gasteiger partial charge in [0, 0.05) is 32.4 Å². The molecule has 1 saturated heterocycles. The minimum atomic E-state index is -0.606. The SMILES string of the molecule is CN(Cc1ccccc1N1CCOCC1)C(=O)C1(c2cccc(F)c2)CCCC1. The van der Waals surface area contributed by atoms with Crippen LogP contribution in [0.5, 0.6) is 0 Å². The average Bonchev–Trinajstić information content (AvgIpc) is 3.25. The van der Waals surface area contributed by atoms with Crippen LogP contribution in [-0.2, 0) is 21.5 Å². The van der Waals surface area contributed by atoms with E-state index in [0.717, 1.165) is 63.1 Å². The largest absolute Gasteiger partial charge is 0.378 e. The molecule has 0 unspecified atom stereocenters. The monoisotopic (exact) mass is 396 g/mol. The van der Waals surface area contributed by atoms with Crippen LogP contribution in [0.1, 0.15) is 36.8 Å². The zero-order valence-electron chi connectivity index (χ0n) is 17.1. The first-order chi connectivity index (χ1) is 14.1. The Bertz CT molecular complexity index is 857. The van der Waals surface area contributed by atoms with Crippen LogP contribution in [0.2, 0.25) is 0 Å². The van der Waals surface area contributed by atoms with E-state index >= 15 is 0 Å². The van der Waals surface area contributed by atoms with E-state index in [9.17, 15) is 9.18 Å². The summed E-state index contributed by atoms with van der Waals surface area (Å²) in [4.78, 5) is 17.8. The summed E-state index contributed by atoms with van der Waals surface area (Å²) >= 11 is 0. The van der Waals surface area contributed by atoms with Gasteiger partial charge in [0.25, 0.3) is 0 Å². The molecule has 1 heterocycles. The highest BCUT2D eigenvalue weighted by molar-refractivity contribution is 5.88. The summed E-state index contributed by atoms with van der Waals surface area (Å²) in [6, 6.07) is 14.9. The van der Waals surface area contributed by atoms with E-state index in [4.69, 9.17) is 4.74 Å². The van der Waals surface area contributed by atoms with E-state index < -0.39 is 5.41 Å². The van der Waals surface area contributed by atoms with Crippen LogP contribution >= 0.6 is 0 Å². The first kappa shape index (κ1) is 19.9. The zero-order chi connectivity index (χ0) is 20.3. The highest BCUT2D eigenvalue weighted by Gasteiger charge is 2.44. The second kappa shape index (κ2) is 8.54. The number of ether oxygens (including phenoxy) is 1. The second-order valence-electron chi connectivity index (χ2n) is 8.19. The number of benzene rings is 2. The lowest BCUT2D eigenvalue weighted by molar-refractivity contribution is -0.136. The van der Waals surface area contributed by atoms with E-state index in [-0.39, 0.29) is 11.7 Å². The molecule has 4 nitrogen and oxygen atoms in total. The summed E-state index contributed by atoms with van der Waals surface area (Å²) in [6.45, 7) is 3.73. The molecule has 2 fully saturated rings. The van der Waals surface area contributed by atoms with Crippen molar-refractivity contribution in [2.75, 3.05) is 38.3 Å². The Balaban J connectivity index is 1.58.